The summed E-state index contributed by atoms with van der Waals surface area (Å²) in [6, 6.07) is 26.3. The molecule has 0 saturated heterocycles. The van der Waals surface area contributed by atoms with E-state index in [1.54, 1.807) is 24.3 Å². The summed E-state index contributed by atoms with van der Waals surface area (Å²) < 4.78 is 5.37. The molecule has 6 nitrogen and oxygen atoms in total. The summed E-state index contributed by atoms with van der Waals surface area (Å²) in [6.07, 6.45) is 1.39. The highest BCUT2D eigenvalue weighted by Gasteiger charge is 2.09. The topological polar surface area (TPSA) is 86.2 Å². The van der Waals surface area contributed by atoms with Crippen LogP contribution in [0.3, 0.4) is 0 Å². The highest BCUT2D eigenvalue weighted by molar-refractivity contribution is 6.06. The molecule has 3 N–H and O–H groups in total. The second-order valence-corrected chi connectivity index (χ2v) is 6.29. The minimum atomic E-state index is -0.489. The smallest absolute Gasteiger partial charge is 0.267 e. The molecule has 0 radical (unpaired) electrons. The lowest BCUT2D eigenvalue weighted by Crippen LogP contribution is -2.14. The van der Waals surface area contributed by atoms with Gasteiger partial charge in [0.25, 0.3) is 5.91 Å². The molecule has 0 heterocycles. The van der Waals surface area contributed by atoms with Gasteiger partial charge in [0.1, 0.15) is 17.4 Å². The van der Waals surface area contributed by atoms with Gasteiger partial charge in [-0.2, -0.15) is 5.26 Å². The van der Waals surface area contributed by atoms with Crippen LogP contribution < -0.4 is 20.7 Å². The average molecular weight is 398 g/mol. The second kappa shape index (κ2) is 10.3. The molecule has 3 aromatic rings. The van der Waals surface area contributed by atoms with Crippen LogP contribution in [-0.2, 0) is 4.79 Å². The summed E-state index contributed by atoms with van der Waals surface area (Å²) in [6.45, 7) is 2.47. The van der Waals surface area contributed by atoms with Crippen LogP contribution in [0.25, 0.3) is 0 Å². The molecule has 0 aliphatic heterocycles. The van der Waals surface area contributed by atoms with Crippen molar-refractivity contribution < 1.29 is 9.53 Å². The molecule has 0 bridgehead atoms. The number of nitrogens with one attached hydrogen (secondary N) is 3. The number of hydrogen-bond donors (Lipinski definition) is 3. The van der Waals surface area contributed by atoms with E-state index in [9.17, 15) is 10.1 Å². The van der Waals surface area contributed by atoms with Gasteiger partial charge in [0.2, 0.25) is 0 Å². The Bertz CT molecular complexity index is 1040. The number of carbonyl (C=O) groups is 1. The Labute approximate surface area is 175 Å². The first-order valence-electron chi connectivity index (χ1n) is 9.51. The third kappa shape index (κ3) is 5.88. The first-order valence-corrected chi connectivity index (χ1v) is 9.51. The molecule has 0 unspecified atom stereocenters. The summed E-state index contributed by atoms with van der Waals surface area (Å²) in [5, 5.41) is 18.3. The predicted octanol–water partition coefficient (Wildman–Crippen LogP) is 5.29. The average Bonchev–Trinajstić information content (AvgIpc) is 2.77. The first-order chi connectivity index (χ1) is 14.7. The molecule has 0 saturated carbocycles. The van der Waals surface area contributed by atoms with E-state index in [0.717, 1.165) is 22.8 Å². The molecule has 0 fully saturated rings. The van der Waals surface area contributed by atoms with Crippen molar-refractivity contribution >= 4 is 28.7 Å². The fourth-order valence-electron chi connectivity index (χ4n) is 2.64. The molecule has 6 heteroatoms. The Balaban J connectivity index is 1.59. The Morgan fingerprint density at radius 3 is 2.13 bits per heavy atom. The van der Waals surface area contributed by atoms with E-state index in [0.29, 0.717) is 12.3 Å². The van der Waals surface area contributed by atoms with Crippen molar-refractivity contribution in [2.24, 2.45) is 0 Å². The molecule has 0 aliphatic rings. The van der Waals surface area contributed by atoms with Gasteiger partial charge in [-0.3, -0.25) is 4.79 Å². The maximum atomic E-state index is 12.3. The quantitative estimate of drug-likeness (QED) is 0.355. The van der Waals surface area contributed by atoms with Crippen LogP contribution in [-0.4, -0.2) is 12.5 Å². The molecule has 30 heavy (non-hydrogen) atoms. The van der Waals surface area contributed by atoms with E-state index < -0.39 is 5.91 Å². The number of anilines is 4. The van der Waals surface area contributed by atoms with E-state index in [2.05, 4.69) is 16.0 Å². The van der Waals surface area contributed by atoms with Crippen LogP contribution in [0.5, 0.6) is 5.75 Å². The van der Waals surface area contributed by atoms with Gasteiger partial charge < -0.3 is 20.7 Å². The van der Waals surface area contributed by atoms with Crippen LogP contribution in [0.4, 0.5) is 22.7 Å². The minimum Gasteiger partial charge on any atom is -0.494 e. The Morgan fingerprint density at radius 2 is 1.50 bits per heavy atom. The van der Waals surface area contributed by atoms with Crippen LogP contribution in [0.1, 0.15) is 6.92 Å². The van der Waals surface area contributed by atoms with E-state index in [-0.39, 0.29) is 5.57 Å². The number of nitrogens with zero attached hydrogens (tertiary/aromatic N) is 1. The normalized spacial score (nSPS) is 10.6. The largest absolute Gasteiger partial charge is 0.494 e. The summed E-state index contributed by atoms with van der Waals surface area (Å²) >= 11 is 0. The highest BCUT2D eigenvalue weighted by Crippen LogP contribution is 2.19. The van der Waals surface area contributed by atoms with Gasteiger partial charge in [-0.15, -0.1) is 0 Å². The minimum absolute atomic E-state index is 0.0321. The van der Waals surface area contributed by atoms with Gasteiger partial charge in [0.05, 0.1) is 6.61 Å². The van der Waals surface area contributed by atoms with E-state index >= 15 is 0 Å². The van der Waals surface area contributed by atoms with E-state index in [1.165, 1.54) is 6.20 Å². The Morgan fingerprint density at radius 1 is 0.900 bits per heavy atom. The van der Waals surface area contributed by atoms with Crippen molar-refractivity contribution in [3.05, 3.63) is 90.6 Å². The van der Waals surface area contributed by atoms with Gasteiger partial charge in [-0.05, 0) is 67.6 Å². The first kappa shape index (κ1) is 20.5. The SMILES string of the molecule is CCOc1ccc(NC(=O)/C(C#N)=C\Nc2ccc(Nc3ccccc3)cc2)cc1. The standard InChI is InChI=1S/C24H22N4O2/c1-2-30-23-14-12-22(13-15-23)28-24(29)18(16-25)17-26-19-8-10-21(11-9-19)27-20-6-4-3-5-7-20/h3-15,17,26-27H,2H2,1H3,(H,28,29)/b18-17-. The van der Waals surface area contributed by atoms with Crippen LogP contribution in [0.15, 0.2) is 90.6 Å². The summed E-state index contributed by atoms with van der Waals surface area (Å²) in [4.78, 5) is 12.3. The lowest BCUT2D eigenvalue weighted by Gasteiger charge is -2.08. The maximum absolute atomic E-state index is 12.3. The van der Waals surface area contributed by atoms with Gasteiger partial charge in [0, 0.05) is 28.9 Å². The molecule has 0 aromatic heterocycles. The maximum Gasteiger partial charge on any atom is 0.267 e. The molecule has 3 aromatic carbocycles. The van der Waals surface area contributed by atoms with Crippen molar-refractivity contribution in [2.45, 2.75) is 6.92 Å². The number of rotatable bonds is 8. The van der Waals surface area contributed by atoms with Gasteiger partial charge in [0.15, 0.2) is 0 Å². The molecule has 3 rings (SSSR count). The lowest BCUT2D eigenvalue weighted by atomic mass is 10.2. The zero-order chi connectivity index (χ0) is 21.2. The summed E-state index contributed by atoms with van der Waals surface area (Å²) in [5.74, 6) is 0.231. The Hall–Kier alpha value is -4.24. The third-order valence-corrected chi connectivity index (χ3v) is 4.12. The van der Waals surface area contributed by atoms with Crippen molar-refractivity contribution in [2.75, 3.05) is 22.6 Å². The molecule has 0 aliphatic carbocycles. The second-order valence-electron chi connectivity index (χ2n) is 6.29. The Kier molecular flexibility index (Phi) is 7.07. The van der Waals surface area contributed by atoms with Crippen LogP contribution in [0, 0.1) is 11.3 Å². The number of benzene rings is 3. The summed E-state index contributed by atoms with van der Waals surface area (Å²) in [5.41, 5.74) is 3.24. The van der Waals surface area contributed by atoms with E-state index in [4.69, 9.17) is 4.74 Å². The zero-order valence-electron chi connectivity index (χ0n) is 16.6. The summed E-state index contributed by atoms with van der Waals surface area (Å²) in [7, 11) is 0. The zero-order valence-corrected chi connectivity index (χ0v) is 16.6. The number of para-hydroxylation sites is 1. The molecular formula is C24H22N4O2. The highest BCUT2D eigenvalue weighted by atomic mass is 16.5. The van der Waals surface area contributed by atoms with Gasteiger partial charge >= 0.3 is 0 Å². The van der Waals surface area contributed by atoms with Gasteiger partial charge in [-0.1, -0.05) is 18.2 Å². The molecule has 150 valence electrons. The molecule has 0 atom stereocenters. The van der Waals surface area contributed by atoms with Crippen molar-refractivity contribution in [1.82, 2.24) is 0 Å². The third-order valence-electron chi connectivity index (χ3n) is 4.12. The van der Waals surface area contributed by atoms with Crippen molar-refractivity contribution in [1.29, 1.82) is 5.26 Å². The lowest BCUT2D eigenvalue weighted by molar-refractivity contribution is -0.112. The van der Waals surface area contributed by atoms with Crippen LogP contribution >= 0.6 is 0 Å². The number of amides is 1. The monoisotopic (exact) mass is 398 g/mol. The molecule has 1 amide bonds. The fourth-order valence-corrected chi connectivity index (χ4v) is 2.64. The number of carbonyl (C=O) groups excluding carboxylic acids is 1. The number of hydrogen-bond acceptors (Lipinski definition) is 5. The van der Waals surface area contributed by atoms with Crippen LogP contribution in [0.2, 0.25) is 0 Å². The van der Waals surface area contributed by atoms with Gasteiger partial charge in [-0.25, -0.2) is 0 Å². The number of ether oxygens (including phenoxy) is 1. The van der Waals surface area contributed by atoms with E-state index in [1.807, 2.05) is 67.6 Å². The van der Waals surface area contributed by atoms with Crippen molar-refractivity contribution in [3.63, 3.8) is 0 Å². The predicted molar refractivity (Wildman–Crippen MR) is 120 cm³/mol. The molecule has 0 spiro atoms. The molecular weight excluding hydrogens is 376 g/mol. The van der Waals surface area contributed by atoms with Crippen molar-refractivity contribution in [3.8, 4) is 11.8 Å². The fraction of sp³-hybridized carbons (Fsp3) is 0.0833. The number of nitriles is 1.